The first-order valence-corrected chi connectivity index (χ1v) is 9.99. The van der Waals surface area contributed by atoms with E-state index in [-0.39, 0.29) is 24.0 Å². The van der Waals surface area contributed by atoms with Crippen molar-refractivity contribution in [1.29, 1.82) is 0 Å². The van der Waals surface area contributed by atoms with E-state index in [1.165, 1.54) is 0 Å². The van der Waals surface area contributed by atoms with Gasteiger partial charge in [0.15, 0.2) is 5.96 Å². The van der Waals surface area contributed by atoms with Crippen LogP contribution >= 0.6 is 47.3 Å². The molecule has 2 rings (SSSR count). The minimum atomic E-state index is 0. The van der Waals surface area contributed by atoms with Gasteiger partial charge in [0.1, 0.15) is 5.75 Å². The highest BCUT2D eigenvalue weighted by atomic mass is 127. The number of methoxy groups -OCH3 is 1. The van der Waals surface area contributed by atoms with Crippen LogP contribution in [0.15, 0.2) is 23.2 Å². The Hall–Kier alpha value is -0.540. The molecule has 0 amide bonds. The monoisotopic (exact) mass is 498 g/mol. The molecule has 1 unspecified atom stereocenters. The molecular formula is C17H28ClIN4OS. The highest BCUT2D eigenvalue weighted by Crippen LogP contribution is 2.33. The number of halogens is 2. The van der Waals surface area contributed by atoms with Crippen molar-refractivity contribution in [3.05, 3.63) is 23.2 Å². The molecule has 142 valence electrons. The molecule has 1 fully saturated rings. The van der Waals surface area contributed by atoms with E-state index in [0.29, 0.717) is 6.04 Å². The molecule has 25 heavy (non-hydrogen) atoms. The van der Waals surface area contributed by atoms with Crippen LogP contribution in [0, 0.1) is 0 Å². The summed E-state index contributed by atoms with van der Waals surface area (Å²) < 4.78 is 5.47. The second-order valence-corrected chi connectivity index (χ2v) is 7.16. The van der Waals surface area contributed by atoms with Crippen LogP contribution in [-0.4, -0.2) is 57.8 Å². The summed E-state index contributed by atoms with van der Waals surface area (Å²) in [5.41, 5.74) is 1.05. The Kier molecular flexibility index (Phi) is 10.8. The quantitative estimate of drug-likeness (QED) is 0.261. The Morgan fingerprint density at radius 2 is 2.28 bits per heavy atom. The number of nitrogens with zero attached hydrogens (tertiary/aromatic N) is 2. The molecule has 0 bridgehead atoms. The van der Waals surface area contributed by atoms with E-state index in [0.717, 1.165) is 60.6 Å². The molecule has 0 aliphatic carbocycles. The zero-order valence-electron chi connectivity index (χ0n) is 15.0. The van der Waals surface area contributed by atoms with E-state index < -0.39 is 0 Å². The topological polar surface area (TPSA) is 48.9 Å². The first-order valence-electron chi connectivity index (χ1n) is 8.22. The van der Waals surface area contributed by atoms with Gasteiger partial charge in [0, 0.05) is 37.7 Å². The van der Waals surface area contributed by atoms with Crippen LogP contribution in [-0.2, 0) is 0 Å². The molecule has 8 heteroatoms. The lowest BCUT2D eigenvalue weighted by molar-refractivity contribution is 0.415. The van der Waals surface area contributed by atoms with Gasteiger partial charge in [0.2, 0.25) is 0 Å². The predicted molar refractivity (Wildman–Crippen MR) is 122 cm³/mol. The standard InChI is InChI=1S/C17H27ClN4OS.HI/c1-19-17(20-8-4-10-24-3)21-14-7-9-22(12-14)15-11-13(18)5-6-16(15)23-2;/h5-6,11,14H,4,7-10,12H2,1-3H3,(H2,19,20,21);1H. The maximum Gasteiger partial charge on any atom is 0.191 e. The molecular weight excluding hydrogens is 471 g/mol. The van der Waals surface area contributed by atoms with Crippen molar-refractivity contribution >= 4 is 59.0 Å². The second kappa shape index (κ2) is 12.0. The van der Waals surface area contributed by atoms with Gasteiger partial charge in [-0.25, -0.2) is 0 Å². The summed E-state index contributed by atoms with van der Waals surface area (Å²) in [5, 5.41) is 7.62. The number of ether oxygens (including phenoxy) is 1. The zero-order chi connectivity index (χ0) is 17.4. The SMILES string of the molecule is CN=C(NCCCSC)NC1CCN(c2cc(Cl)ccc2OC)C1.I. The molecule has 0 spiro atoms. The summed E-state index contributed by atoms with van der Waals surface area (Å²) in [4.78, 5) is 6.63. The Balaban J connectivity index is 0.00000312. The summed E-state index contributed by atoms with van der Waals surface area (Å²) in [5.74, 6) is 2.90. The minimum absolute atomic E-state index is 0. The highest BCUT2D eigenvalue weighted by Gasteiger charge is 2.25. The number of hydrogen-bond donors (Lipinski definition) is 2. The third kappa shape index (κ3) is 6.94. The molecule has 0 saturated carbocycles. The number of rotatable bonds is 7. The largest absolute Gasteiger partial charge is 0.495 e. The van der Waals surface area contributed by atoms with Crippen molar-refractivity contribution in [3.63, 3.8) is 0 Å². The van der Waals surface area contributed by atoms with Gasteiger partial charge in [-0.2, -0.15) is 11.8 Å². The number of nitrogens with one attached hydrogen (secondary N) is 2. The first kappa shape index (κ1) is 22.5. The summed E-state index contributed by atoms with van der Waals surface area (Å²) >= 11 is 8.02. The third-order valence-corrected chi connectivity index (χ3v) is 4.98. The van der Waals surface area contributed by atoms with Gasteiger partial charge < -0.3 is 20.3 Å². The van der Waals surface area contributed by atoms with Gasteiger partial charge >= 0.3 is 0 Å². The Bertz CT molecular complexity index is 561. The number of thioether (sulfide) groups is 1. The summed E-state index contributed by atoms with van der Waals surface area (Å²) in [7, 11) is 3.51. The lowest BCUT2D eigenvalue weighted by Crippen LogP contribution is -2.45. The van der Waals surface area contributed by atoms with Gasteiger partial charge in [-0.3, -0.25) is 4.99 Å². The lowest BCUT2D eigenvalue weighted by Gasteiger charge is -2.22. The zero-order valence-corrected chi connectivity index (χ0v) is 19.0. The molecule has 5 nitrogen and oxygen atoms in total. The van der Waals surface area contributed by atoms with Gasteiger partial charge in [0.05, 0.1) is 12.8 Å². The summed E-state index contributed by atoms with van der Waals surface area (Å²) in [6.07, 6.45) is 4.32. The maximum atomic E-state index is 6.15. The second-order valence-electron chi connectivity index (χ2n) is 5.74. The van der Waals surface area contributed by atoms with Crippen LogP contribution in [0.4, 0.5) is 5.69 Å². The van der Waals surface area contributed by atoms with E-state index in [2.05, 4.69) is 26.8 Å². The van der Waals surface area contributed by atoms with Crippen molar-refractivity contribution in [2.24, 2.45) is 4.99 Å². The molecule has 1 aliphatic heterocycles. The average Bonchev–Trinajstić information content (AvgIpc) is 3.06. The number of guanidine groups is 1. The normalized spacial score (nSPS) is 17.2. The van der Waals surface area contributed by atoms with Crippen LogP contribution in [0.1, 0.15) is 12.8 Å². The Labute approximate surface area is 177 Å². The van der Waals surface area contributed by atoms with E-state index >= 15 is 0 Å². The first-order chi connectivity index (χ1) is 11.7. The van der Waals surface area contributed by atoms with E-state index in [4.69, 9.17) is 16.3 Å². The van der Waals surface area contributed by atoms with Crippen molar-refractivity contribution in [2.45, 2.75) is 18.9 Å². The molecule has 1 saturated heterocycles. The van der Waals surface area contributed by atoms with Crippen molar-refractivity contribution < 1.29 is 4.74 Å². The fourth-order valence-corrected chi connectivity index (χ4v) is 3.42. The van der Waals surface area contributed by atoms with Crippen LogP contribution < -0.4 is 20.3 Å². The van der Waals surface area contributed by atoms with Crippen molar-refractivity contribution in [2.75, 3.05) is 50.7 Å². The van der Waals surface area contributed by atoms with Gasteiger partial charge in [0.25, 0.3) is 0 Å². The molecule has 1 aromatic carbocycles. The highest BCUT2D eigenvalue weighted by molar-refractivity contribution is 14.0. The molecule has 1 atom stereocenters. The van der Waals surface area contributed by atoms with Crippen LogP contribution in [0.3, 0.4) is 0 Å². The van der Waals surface area contributed by atoms with Crippen LogP contribution in [0.25, 0.3) is 0 Å². The van der Waals surface area contributed by atoms with E-state index in [1.54, 1.807) is 7.11 Å². The van der Waals surface area contributed by atoms with Crippen molar-refractivity contribution in [1.82, 2.24) is 10.6 Å². The number of hydrogen-bond acceptors (Lipinski definition) is 4. The molecule has 0 radical (unpaired) electrons. The maximum absolute atomic E-state index is 6.15. The smallest absolute Gasteiger partial charge is 0.191 e. The third-order valence-electron chi connectivity index (χ3n) is 4.05. The van der Waals surface area contributed by atoms with E-state index in [9.17, 15) is 0 Å². The molecule has 1 aliphatic rings. The fourth-order valence-electron chi connectivity index (χ4n) is 2.82. The molecule has 2 N–H and O–H groups in total. The summed E-state index contributed by atoms with van der Waals surface area (Å²) in [6.45, 7) is 2.82. The van der Waals surface area contributed by atoms with Crippen LogP contribution in [0.2, 0.25) is 5.02 Å². The van der Waals surface area contributed by atoms with Gasteiger partial charge in [-0.15, -0.1) is 24.0 Å². The van der Waals surface area contributed by atoms with E-state index in [1.807, 2.05) is 37.0 Å². The van der Waals surface area contributed by atoms with Crippen LogP contribution in [0.5, 0.6) is 5.75 Å². The molecule has 1 heterocycles. The van der Waals surface area contributed by atoms with Gasteiger partial charge in [-0.1, -0.05) is 11.6 Å². The fraction of sp³-hybridized carbons (Fsp3) is 0.588. The number of anilines is 1. The molecule has 1 aromatic rings. The van der Waals surface area contributed by atoms with Gasteiger partial charge in [-0.05, 0) is 43.0 Å². The number of benzene rings is 1. The lowest BCUT2D eigenvalue weighted by atomic mass is 10.2. The predicted octanol–water partition coefficient (Wildman–Crippen LogP) is 3.46. The molecule has 0 aromatic heterocycles. The Morgan fingerprint density at radius 1 is 1.48 bits per heavy atom. The minimum Gasteiger partial charge on any atom is -0.495 e. The average molecular weight is 499 g/mol. The summed E-state index contributed by atoms with van der Waals surface area (Å²) in [6, 6.07) is 6.11. The Morgan fingerprint density at radius 3 is 2.96 bits per heavy atom. The van der Waals surface area contributed by atoms with Crippen molar-refractivity contribution in [3.8, 4) is 5.75 Å². The number of aliphatic imine (C=N–C) groups is 1.